The number of aliphatic hydroxyl groups is 2. The molecule has 0 aromatic heterocycles. The van der Waals surface area contributed by atoms with Crippen molar-refractivity contribution in [3.63, 3.8) is 0 Å². The molecule has 1 fully saturated rings. The van der Waals surface area contributed by atoms with E-state index in [1.165, 1.54) is 96.3 Å². The normalized spacial score (nSPS) is 18.7. The van der Waals surface area contributed by atoms with E-state index in [1.807, 2.05) is 21.1 Å². The predicted octanol–water partition coefficient (Wildman–Crippen LogP) is 11.4. The summed E-state index contributed by atoms with van der Waals surface area (Å²) in [5.41, 5.74) is 0. The summed E-state index contributed by atoms with van der Waals surface area (Å²) < 4.78 is 34.0. The van der Waals surface area contributed by atoms with Crippen LogP contribution in [0.2, 0.25) is 0 Å². The molecule has 0 aromatic rings. The van der Waals surface area contributed by atoms with Gasteiger partial charge in [0, 0.05) is 25.2 Å². The number of hydrogen-bond acceptors (Lipinski definition) is 11. The van der Waals surface area contributed by atoms with Crippen LogP contribution in [0, 0.1) is 11.8 Å². The highest BCUT2D eigenvalue weighted by molar-refractivity contribution is 7.45. The first-order valence-corrected chi connectivity index (χ1v) is 27.6. The van der Waals surface area contributed by atoms with Crippen LogP contribution < -0.4 is 4.89 Å². The molecule has 0 heterocycles. The standard InChI is InChI=1S/C52H96NO11P/c1-6-8-10-11-12-13-14-15-16-17-18-19-20-21-22-23-24-25-26-27-33-37-52(58)64-46(44-63-65(59,60)62-41-40-53(3,4)5)43-61-51(57)36-32-29-28-31-35-47-48(50(56)42-49(47)55)39-38-45(54)34-30-9-7-2/h15-16,38-39,45-49,54-55H,6-14,17-37,40-44H2,1-5H3/b16-15-,39-38+/t45-,46+,47+,48+,49-/m0/s1. The zero-order chi connectivity index (χ0) is 48.0. The van der Waals surface area contributed by atoms with Crippen molar-refractivity contribution in [2.45, 2.75) is 231 Å². The van der Waals surface area contributed by atoms with Crippen molar-refractivity contribution in [1.29, 1.82) is 0 Å². The van der Waals surface area contributed by atoms with Crippen LogP contribution in [-0.4, -0.2) is 98.2 Å². The maximum absolute atomic E-state index is 12.8. The smallest absolute Gasteiger partial charge is 0.306 e. The number of hydrogen-bond donors (Lipinski definition) is 2. The molecule has 1 rings (SSSR count). The molecule has 0 aliphatic heterocycles. The number of ether oxygens (including phenoxy) is 2. The molecule has 0 saturated heterocycles. The Kier molecular flexibility index (Phi) is 36.6. The second kappa shape index (κ2) is 39.0. The van der Waals surface area contributed by atoms with E-state index in [0.29, 0.717) is 36.7 Å². The number of phosphoric ester groups is 1. The van der Waals surface area contributed by atoms with E-state index in [2.05, 4.69) is 26.0 Å². The van der Waals surface area contributed by atoms with Crippen LogP contribution in [0.5, 0.6) is 0 Å². The summed E-state index contributed by atoms with van der Waals surface area (Å²) >= 11 is 0. The first-order valence-electron chi connectivity index (χ1n) is 26.1. The fraction of sp³-hybridized carbons (Fsp3) is 0.865. The van der Waals surface area contributed by atoms with Crippen molar-refractivity contribution in [2.24, 2.45) is 11.8 Å². The molecular formula is C52H96NO11P. The van der Waals surface area contributed by atoms with Crippen molar-refractivity contribution < 1.29 is 57.1 Å². The Hall–Kier alpha value is -1.92. The monoisotopic (exact) mass is 942 g/mol. The SMILES string of the molecule is CCCCCCCC/C=C\CCCCCCCCCCCCCC(=O)O[C@H](COC(=O)CCCCCC[C@H]1[C@@H](O)CC(=O)[C@@H]1/C=C/[C@@H](O)CCCCC)COP(=O)([O-])OCC[N+](C)(C)C. The van der Waals surface area contributed by atoms with Gasteiger partial charge in [0.2, 0.25) is 0 Å². The van der Waals surface area contributed by atoms with Crippen LogP contribution in [0.25, 0.3) is 0 Å². The Bertz CT molecular complexity index is 1320. The zero-order valence-electron chi connectivity index (χ0n) is 41.9. The van der Waals surface area contributed by atoms with Crippen LogP contribution in [0.3, 0.4) is 0 Å². The number of quaternary nitrogens is 1. The Labute approximate surface area is 396 Å². The average molecular weight is 942 g/mol. The van der Waals surface area contributed by atoms with Crippen LogP contribution >= 0.6 is 7.82 Å². The highest BCUT2D eigenvalue weighted by Crippen LogP contribution is 2.38. The molecule has 13 heteroatoms. The van der Waals surface area contributed by atoms with Gasteiger partial charge in [0.05, 0.1) is 40.0 Å². The molecule has 380 valence electrons. The third kappa shape index (κ3) is 35.8. The van der Waals surface area contributed by atoms with Gasteiger partial charge in [0.1, 0.15) is 25.5 Å². The van der Waals surface area contributed by atoms with Crippen LogP contribution in [0.1, 0.15) is 213 Å². The van der Waals surface area contributed by atoms with Gasteiger partial charge in [-0.05, 0) is 57.3 Å². The lowest BCUT2D eigenvalue weighted by molar-refractivity contribution is -0.870. The van der Waals surface area contributed by atoms with E-state index in [4.69, 9.17) is 18.5 Å². The molecule has 65 heavy (non-hydrogen) atoms. The molecule has 1 aliphatic rings. The number of phosphoric acid groups is 1. The number of ketones is 1. The van der Waals surface area contributed by atoms with Gasteiger partial charge in [-0.25, -0.2) is 0 Å². The van der Waals surface area contributed by atoms with Crippen molar-refractivity contribution >= 4 is 25.5 Å². The second-order valence-corrected chi connectivity index (χ2v) is 21.1. The number of nitrogens with zero attached hydrogens (tertiary/aromatic N) is 1. The number of allylic oxidation sites excluding steroid dienone is 3. The fourth-order valence-electron chi connectivity index (χ4n) is 8.20. The number of Topliss-reactive ketones (excluding diaryl/α,β-unsaturated/α-hetero) is 1. The minimum atomic E-state index is -4.69. The van der Waals surface area contributed by atoms with Gasteiger partial charge >= 0.3 is 11.9 Å². The van der Waals surface area contributed by atoms with Gasteiger partial charge < -0.3 is 38.1 Å². The van der Waals surface area contributed by atoms with Gasteiger partial charge in [0.25, 0.3) is 7.82 Å². The molecule has 0 spiro atoms. The number of carbonyl (C=O) groups excluding carboxylic acids is 3. The lowest BCUT2D eigenvalue weighted by Crippen LogP contribution is -2.37. The third-order valence-electron chi connectivity index (χ3n) is 12.4. The van der Waals surface area contributed by atoms with E-state index < -0.39 is 50.6 Å². The number of aliphatic hydroxyl groups excluding tert-OH is 2. The Morgan fingerprint density at radius 1 is 0.723 bits per heavy atom. The van der Waals surface area contributed by atoms with Crippen molar-refractivity contribution in [3.05, 3.63) is 24.3 Å². The number of esters is 2. The quantitative estimate of drug-likeness (QED) is 0.0196. The third-order valence-corrected chi connectivity index (χ3v) is 13.3. The molecule has 1 saturated carbocycles. The molecule has 1 aliphatic carbocycles. The lowest BCUT2D eigenvalue weighted by atomic mass is 9.88. The van der Waals surface area contributed by atoms with Crippen LogP contribution in [-0.2, 0) is 37.5 Å². The maximum Gasteiger partial charge on any atom is 0.306 e. The first kappa shape index (κ1) is 61.1. The number of likely N-dealkylation sites (N-methyl/N-ethyl adjacent to an activating group) is 1. The van der Waals surface area contributed by atoms with Gasteiger partial charge in [0.15, 0.2) is 6.10 Å². The topological polar surface area (TPSA) is 169 Å². The second-order valence-electron chi connectivity index (χ2n) is 19.7. The predicted molar refractivity (Wildman–Crippen MR) is 260 cm³/mol. The highest BCUT2D eigenvalue weighted by Gasteiger charge is 2.39. The maximum atomic E-state index is 12.8. The van der Waals surface area contributed by atoms with Gasteiger partial charge in [-0.2, -0.15) is 0 Å². The van der Waals surface area contributed by atoms with Gasteiger partial charge in [-0.1, -0.05) is 167 Å². The number of rotatable bonds is 44. The molecule has 0 bridgehead atoms. The molecule has 0 amide bonds. The zero-order valence-corrected chi connectivity index (χ0v) is 42.8. The molecular weight excluding hydrogens is 846 g/mol. The number of carbonyl (C=O) groups is 3. The summed E-state index contributed by atoms with van der Waals surface area (Å²) in [4.78, 5) is 50.5. The van der Waals surface area contributed by atoms with E-state index in [-0.39, 0.29) is 44.2 Å². The molecule has 1 unspecified atom stereocenters. The van der Waals surface area contributed by atoms with E-state index >= 15 is 0 Å². The van der Waals surface area contributed by atoms with E-state index in [9.17, 15) is 34.1 Å². The Morgan fingerprint density at radius 3 is 1.80 bits per heavy atom. The average Bonchev–Trinajstić information content (AvgIpc) is 3.52. The van der Waals surface area contributed by atoms with Crippen molar-refractivity contribution in [2.75, 3.05) is 47.5 Å². The van der Waals surface area contributed by atoms with Crippen molar-refractivity contribution in [3.8, 4) is 0 Å². The lowest BCUT2D eigenvalue weighted by Gasteiger charge is -2.28. The molecule has 12 nitrogen and oxygen atoms in total. The summed E-state index contributed by atoms with van der Waals surface area (Å²) in [6.45, 7) is 3.88. The molecule has 2 N–H and O–H groups in total. The fourth-order valence-corrected chi connectivity index (χ4v) is 8.93. The van der Waals surface area contributed by atoms with Crippen LogP contribution in [0.15, 0.2) is 24.3 Å². The first-order chi connectivity index (χ1) is 31.2. The largest absolute Gasteiger partial charge is 0.756 e. The minimum Gasteiger partial charge on any atom is -0.756 e. The summed E-state index contributed by atoms with van der Waals surface area (Å²) in [7, 11) is 1.04. The van der Waals surface area contributed by atoms with E-state index in [0.717, 1.165) is 57.8 Å². The Balaban J connectivity index is 2.36. The Morgan fingerprint density at radius 2 is 1.23 bits per heavy atom. The minimum absolute atomic E-state index is 0.00638. The highest BCUT2D eigenvalue weighted by atomic mass is 31.2. The summed E-state index contributed by atoms with van der Waals surface area (Å²) in [6, 6.07) is 0. The molecule has 0 aromatic carbocycles. The number of unbranched alkanes of at least 4 members (excludes halogenated alkanes) is 22. The summed E-state index contributed by atoms with van der Waals surface area (Å²) in [5, 5.41) is 20.8. The van der Waals surface area contributed by atoms with Gasteiger partial charge in [-0.15, -0.1) is 0 Å². The summed E-state index contributed by atoms with van der Waals surface area (Å²) in [6.07, 6.45) is 36.8. The van der Waals surface area contributed by atoms with Gasteiger partial charge in [-0.3, -0.25) is 18.9 Å². The van der Waals surface area contributed by atoms with Crippen molar-refractivity contribution in [1.82, 2.24) is 0 Å². The van der Waals surface area contributed by atoms with E-state index in [1.54, 1.807) is 12.2 Å². The van der Waals surface area contributed by atoms with Crippen LogP contribution in [0.4, 0.5) is 0 Å². The molecule has 0 radical (unpaired) electrons. The summed E-state index contributed by atoms with van der Waals surface area (Å²) in [5.74, 6) is -1.55. The molecule has 6 atom stereocenters.